The molecule has 1 N–H and O–H groups in total. The summed E-state index contributed by atoms with van der Waals surface area (Å²) in [5, 5.41) is 2.73. The molecule has 1 heterocycles. The molecule has 0 aliphatic heterocycles. The van der Waals surface area contributed by atoms with E-state index in [2.05, 4.69) is 10.3 Å². The van der Waals surface area contributed by atoms with Crippen molar-refractivity contribution in [1.82, 2.24) is 14.9 Å². The van der Waals surface area contributed by atoms with Gasteiger partial charge in [-0.15, -0.1) is 11.6 Å². The Labute approximate surface area is 126 Å². The van der Waals surface area contributed by atoms with Crippen molar-refractivity contribution in [3.05, 3.63) is 29.6 Å². The second kappa shape index (κ2) is 6.85. The maximum Gasteiger partial charge on any atom is 0.221 e. The molecule has 1 aromatic carbocycles. The number of halogens is 3. The van der Waals surface area contributed by atoms with Crippen molar-refractivity contribution in [2.45, 2.75) is 32.2 Å². The molecule has 0 saturated carbocycles. The van der Waals surface area contributed by atoms with Crippen molar-refractivity contribution >= 4 is 28.5 Å². The standard InChI is InChI=1S/C14H16ClF2N3O/c1-2-6-18-12(21)5-7-20-11(8-15)19-10-4-3-9(16)13(17)14(10)20/h3-4H,2,5-8H2,1H3,(H,18,21). The molecule has 0 aliphatic rings. The first-order valence-corrected chi connectivity index (χ1v) is 7.27. The SMILES string of the molecule is CCCNC(=O)CCn1c(CCl)nc2ccc(F)c(F)c21. The monoisotopic (exact) mass is 315 g/mol. The second-order valence-electron chi connectivity index (χ2n) is 4.64. The van der Waals surface area contributed by atoms with Crippen LogP contribution >= 0.6 is 11.6 Å². The van der Waals surface area contributed by atoms with E-state index in [1.807, 2.05) is 6.92 Å². The first-order chi connectivity index (χ1) is 10.1. The number of carbonyl (C=O) groups is 1. The van der Waals surface area contributed by atoms with Crippen molar-refractivity contribution in [3.8, 4) is 0 Å². The maximum atomic E-state index is 14.0. The van der Waals surface area contributed by atoms with Gasteiger partial charge >= 0.3 is 0 Å². The highest BCUT2D eigenvalue weighted by Crippen LogP contribution is 2.23. The summed E-state index contributed by atoms with van der Waals surface area (Å²) in [6.07, 6.45) is 0.998. The summed E-state index contributed by atoms with van der Waals surface area (Å²) in [7, 11) is 0. The minimum Gasteiger partial charge on any atom is -0.356 e. The lowest BCUT2D eigenvalue weighted by atomic mass is 10.3. The minimum absolute atomic E-state index is 0.0499. The third-order valence-corrected chi connectivity index (χ3v) is 3.37. The van der Waals surface area contributed by atoms with Gasteiger partial charge in [-0.05, 0) is 18.6 Å². The van der Waals surface area contributed by atoms with Gasteiger partial charge in [0.1, 0.15) is 11.3 Å². The number of amides is 1. The van der Waals surface area contributed by atoms with E-state index < -0.39 is 11.6 Å². The number of nitrogens with zero attached hydrogens (tertiary/aromatic N) is 2. The average molecular weight is 316 g/mol. The molecule has 7 heteroatoms. The molecule has 2 rings (SSSR count). The largest absolute Gasteiger partial charge is 0.356 e. The average Bonchev–Trinajstić information content (AvgIpc) is 2.85. The Morgan fingerprint density at radius 1 is 1.43 bits per heavy atom. The van der Waals surface area contributed by atoms with E-state index >= 15 is 0 Å². The van der Waals surface area contributed by atoms with Gasteiger partial charge in [0, 0.05) is 19.5 Å². The van der Waals surface area contributed by atoms with Gasteiger partial charge in [0.2, 0.25) is 5.91 Å². The van der Waals surface area contributed by atoms with Gasteiger partial charge in [-0.2, -0.15) is 0 Å². The van der Waals surface area contributed by atoms with Gasteiger partial charge in [-0.3, -0.25) is 4.79 Å². The van der Waals surface area contributed by atoms with Crippen LogP contribution in [0.5, 0.6) is 0 Å². The number of aryl methyl sites for hydroxylation is 1. The lowest BCUT2D eigenvalue weighted by molar-refractivity contribution is -0.121. The van der Waals surface area contributed by atoms with Crippen LogP contribution < -0.4 is 5.32 Å². The third-order valence-electron chi connectivity index (χ3n) is 3.13. The number of rotatable bonds is 6. The summed E-state index contributed by atoms with van der Waals surface area (Å²) in [5.41, 5.74) is 0.382. The van der Waals surface area contributed by atoms with Crippen molar-refractivity contribution in [2.24, 2.45) is 0 Å². The van der Waals surface area contributed by atoms with Gasteiger partial charge in [0.25, 0.3) is 0 Å². The molecule has 0 bridgehead atoms. The first-order valence-electron chi connectivity index (χ1n) is 6.74. The summed E-state index contributed by atoms with van der Waals surface area (Å²) in [4.78, 5) is 15.8. The van der Waals surface area contributed by atoms with Crippen LogP contribution in [-0.4, -0.2) is 22.0 Å². The number of hydrogen-bond acceptors (Lipinski definition) is 2. The van der Waals surface area contributed by atoms with Crippen LogP contribution in [0, 0.1) is 11.6 Å². The van der Waals surface area contributed by atoms with E-state index in [0.717, 1.165) is 12.5 Å². The zero-order chi connectivity index (χ0) is 15.4. The van der Waals surface area contributed by atoms with Crippen LogP contribution in [-0.2, 0) is 17.2 Å². The third kappa shape index (κ3) is 3.32. The first kappa shape index (κ1) is 15.7. The van der Waals surface area contributed by atoms with Crippen LogP contribution in [0.15, 0.2) is 12.1 Å². The Bertz CT molecular complexity index is 657. The molecule has 2 aromatic rings. The molecule has 0 aliphatic carbocycles. The molecule has 0 radical (unpaired) electrons. The van der Waals surface area contributed by atoms with Crippen LogP contribution in [0.1, 0.15) is 25.6 Å². The highest BCUT2D eigenvalue weighted by molar-refractivity contribution is 6.16. The molecule has 1 amide bonds. The van der Waals surface area contributed by atoms with E-state index in [4.69, 9.17) is 11.6 Å². The Morgan fingerprint density at radius 2 is 2.19 bits per heavy atom. The van der Waals surface area contributed by atoms with Crippen molar-refractivity contribution in [2.75, 3.05) is 6.54 Å². The number of fused-ring (bicyclic) bond motifs is 1. The molecular weight excluding hydrogens is 300 g/mol. The lowest BCUT2D eigenvalue weighted by Crippen LogP contribution is -2.25. The zero-order valence-corrected chi connectivity index (χ0v) is 12.4. The molecular formula is C14H16ClF2N3O. The highest BCUT2D eigenvalue weighted by atomic mass is 35.5. The van der Waals surface area contributed by atoms with Crippen molar-refractivity contribution in [3.63, 3.8) is 0 Å². The molecule has 0 atom stereocenters. The quantitative estimate of drug-likeness (QED) is 0.833. The topological polar surface area (TPSA) is 46.9 Å². The van der Waals surface area contributed by atoms with Gasteiger partial charge in [0.05, 0.1) is 11.4 Å². The Kier molecular flexibility index (Phi) is 5.12. The molecule has 21 heavy (non-hydrogen) atoms. The zero-order valence-electron chi connectivity index (χ0n) is 11.6. The summed E-state index contributed by atoms with van der Waals surface area (Å²) in [5.74, 6) is -1.58. The number of aromatic nitrogens is 2. The number of imidazole rings is 1. The minimum atomic E-state index is -0.967. The molecule has 4 nitrogen and oxygen atoms in total. The van der Waals surface area contributed by atoms with Gasteiger partial charge in [0.15, 0.2) is 11.6 Å². The van der Waals surface area contributed by atoms with Gasteiger partial charge < -0.3 is 9.88 Å². The van der Waals surface area contributed by atoms with Crippen LogP contribution in [0.4, 0.5) is 8.78 Å². The molecule has 114 valence electrons. The van der Waals surface area contributed by atoms with Crippen LogP contribution in [0.25, 0.3) is 11.0 Å². The predicted molar refractivity (Wildman–Crippen MR) is 77.1 cm³/mol. The Balaban J connectivity index is 2.29. The fraction of sp³-hybridized carbons (Fsp3) is 0.429. The normalized spacial score (nSPS) is 11.0. The van der Waals surface area contributed by atoms with Gasteiger partial charge in [-0.25, -0.2) is 13.8 Å². The van der Waals surface area contributed by atoms with E-state index in [0.29, 0.717) is 17.9 Å². The molecule has 1 aromatic heterocycles. The second-order valence-corrected chi connectivity index (χ2v) is 4.91. The Morgan fingerprint density at radius 3 is 2.86 bits per heavy atom. The smallest absolute Gasteiger partial charge is 0.221 e. The molecule has 0 unspecified atom stereocenters. The van der Waals surface area contributed by atoms with E-state index in [-0.39, 0.29) is 30.3 Å². The van der Waals surface area contributed by atoms with Crippen LogP contribution in [0.3, 0.4) is 0 Å². The van der Waals surface area contributed by atoms with Crippen molar-refractivity contribution < 1.29 is 13.6 Å². The van der Waals surface area contributed by atoms with E-state index in [1.54, 1.807) is 0 Å². The number of hydrogen-bond donors (Lipinski definition) is 1. The molecule has 0 spiro atoms. The van der Waals surface area contributed by atoms with Crippen molar-refractivity contribution in [1.29, 1.82) is 0 Å². The fourth-order valence-electron chi connectivity index (χ4n) is 2.11. The van der Waals surface area contributed by atoms with Gasteiger partial charge in [-0.1, -0.05) is 6.92 Å². The number of carbonyl (C=O) groups excluding carboxylic acids is 1. The fourth-order valence-corrected chi connectivity index (χ4v) is 2.32. The van der Waals surface area contributed by atoms with E-state index in [1.165, 1.54) is 10.6 Å². The summed E-state index contributed by atoms with van der Waals surface area (Å²) in [6.45, 7) is 2.75. The number of nitrogens with one attached hydrogen (secondary N) is 1. The molecule has 0 fully saturated rings. The highest BCUT2D eigenvalue weighted by Gasteiger charge is 2.17. The number of alkyl halides is 1. The lowest BCUT2D eigenvalue weighted by Gasteiger charge is -2.08. The van der Waals surface area contributed by atoms with Crippen LogP contribution in [0.2, 0.25) is 0 Å². The Hall–Kier alpha value is -1.69. The predicted octanol–water partition coefficient (Wildman–Crippen LogP) is 2.97. The summed E-state index contributed by atoms with van der Waals surface area (Å²) in [6, 6.07) is 2.43. The molecule has 0 saturated heterocycles. The summed E-state index contributed by atoms with van der Waals surface area (Å²) < 4.78 is 28.8. The number of benzene rings is 1. The van der Waals surface area contributed by atoms with E-state index in [9.17, 15) is 13.6 Å². The summed E-state index contributed by atoms with van der Waals surface area (Å²) >= 11 is 5.79. The maximum absolute atomic E-state index is 14.0.